The van der Waals surface area contributed by atoms with Crippen LogP contribution in [0.25, 0.3) is 0 Å². The number of esters is 1. The van der Waals surface area contributed by atoms with Gasteiger partial charge in [0.2, 0.25) is 0 Å². The van der Waals surface area contributed by atoms with Crippen LogP contribution >= 0.6 is 22.6 Å². The normalized spacial score (nSPS) is 21.7. The Balaban J connectivity index is 2.45. The lowest BCUT2D eigenvalue weighted by molar-refractivity contribution is -0.134. The number of carbonyl (C=O) groups excluding carboxylic acids is 1. The van der Waals surface area contributed by atoms with E-state index in [1.54, 1.807) is 0 Å². The van der Waals surface area contributed by atoms with E-state index in [1.807, 2.05) is 6.08 Å². The van der Waals surface area contributed by atoms with Crippen molar-refractivity contribution < 1.29 is 9.53 Å². The molecule has 0 aromatic heterocycles. The average molecular weight is 290 g/mol. The minimum Gasteiger partial charge on any atom is -0.466 e. The van der Waals surface area contributed by atoms with Crippen LogP contribution in [0.1, 0.15) is 6.42 Å². The molecule has 0 heterocycles. The fourth-order valence-corrected chi connectivity index (χ4v) is 1.49. The van der Waals surface area contributed by atoms with E-state index in [-0.39, 0.29) is 5.97 Å². The molecule has 1 unspecified atom stereocenters. The van der Waals surface area contributed by atoms with Crippen LogP contribution in [0.4, 0.5) is 0 Å². The topological polar surface area (TPSA) is 26.3 Å². The van der Waals surface area contributed by atoms with Gasteiger partial charge in [-0.05, 0) is 34.9 Å². The van der Waals surface area contributed by atoms with Crippen molar-refractivity contribution in [1.82, 2.24) is 0 Å². The molecule has 0 saturated heterocycles. The van der Waals surface area contributed by atoms with Crippen LogP contribution in [-0.4, -0.2) is 13.1 Å². The number of halogens is 1. The second kappa shape index (κ2) is 5.21. The molecule has 0 N–H and O–H groups in total. The van der Waals surface area contributed by atoms with Crippen LogP contribution in [-0.2, 0) is 9.53 Å². The summed E-state index contributed by atoms with van der Waals surface area (Å²) in [5.41, 5.74) is 0. The van der Waals surface area contributed by atoms with Crippen molar-refractivity contribution in [2.24, 2.45) is 5.92 Å². The van der Waals surface area contributed by atoms with Crippen LogP contribution in [0.5, 0.6) is 0 Å². The summed E-state index contributed by atoms with van der Waals surface area (Å²) in [6.07, 6.45) is 10.6. The van der Waals surface area contributed by atoms with Crippen LogP contribution in [0.2, 0.25) is 0 Å². The zero-order chi connectivity index (χ0) is 9.68. The van der Waals surface area contributed by atoms with Crippen molar-refractivity contribution in [1.29, 1.82) is 0 Å². The van der Waals surface area contributed by atoms with Gasteiger partial charge in [0.1, 0.15) is 0 Å². The van der Waals surface area contributed by atoms with Crippen molar-refractivity contribution in [3.8, 4) is 0 Å². The van der Waals surface area contributed by atoms with Crippen LogP contribution in [0.15, 0.2) is 34.0 Å². The molecule has 0 bridgehead atoms. The first-order valence-corrected chi connectivity index (χ1v) is 5.10. The van der Waals surface area contributed by atoms with Gasteiger partial charge in [0.05, 0.1) is 7.11 Å². The summed E-state index contributed by atoms with van der Waals surface area (Å²) in [6, 6.07) is 0. The Kier molecular flexibility index (Phi) is 4.21. The number of carbonyl (C=O) groups is 1. The lowest BCUT2D eigenvalue weighted by atomic mass is 10.0. The second-order valence-electron chi connectivity index (χ2n) is 2.73. The average Bonchev–Trinajstić information content (AvgIpc) is 2.16. The highest BCUT2D eigenvalue weighted by atomic mass is 127. The van der Waals surface area contributed by atoms with Gasteiger partial charge in [-0.2, -0.15) is 0 Å². The van der Waals surface area contributed by atoms with Crippen LogP contribution < -0.4 is 0 Å². The molecule has 1 rings (SSSR count). The highest BCUT2D eigenvalue weighted by molar-refractivity contribution is 14.1. The third-order valence-electron chi connectivity index (χ3n) is 1.77. The molecule has 0 spiro atoms. The van der Waals surface area contributed by atoms with Gasteiger partial charge in [0.15, 0.2) is 0 Å². The van der Waals surface area contributed by atoms with Gasteiger partial charge in [-0.1, -0.05) is 24.3 Å². The summed E-state index contributed by atoms with van der Waals surface area (Å²) in [6.45, 7) is 0. The smallest absolute Gasteiger partial charge is 0.330 e. The molecule has 70 valence electrons. The van der Waals surface area contributed by atoms with Crippen molar-refractivity contribution in [3.63, 3.8) is 0 Å². The minimum atomic E-state index is -0.294. The molecule has 0 aliphatic heterocycles. The van der Waals surface area contributed by atoms with Crippen LogP contribution in [0.3, 0.4) is 0 Å². The first-order chi connectivity index (χ1) is 6.22. The van der Waals surface area contributed by atoms with E-state index < -0.39 is 0 Å². The molecule has 1 atom stereocenters. The van der Waals surface area contributed by atoms with E-state index in [1.165, 1.54) is 16.8 Å². The van der Waals surface area contributed by atoms with Gasteiger partial charge in [-0.3, -0.25) is 0 Å². The van der Waals surface area contributed by atoms with Crippen molar-refractivity contribution in [3.05, 3.63) is 34.0 Å². The SMILES string of the molecule is COC(=O)C=CC1C=CC(I)=CC1. The van der Waals surface area contributed by atoms with E-state index in [9.17, 15) is 4.79 Å². The number of ether oxygens (including phenoxy) is 1. The number of methoxy groups -OCH3 is 1. The molecule has 3 heteroatoms. The number of allylic oxidation sites excluding steroid dienone is 5. The molecule has 13 heavy (non-hydrogen) atoms. The number of hydrogen-bond acceptors (Lipinski definition) is 2. The number of hydrogen-bond donors (Lipinski definition) is 0. The molecule has 1 aliphatic rings. The monoisotopic (exact) mass is 290 g/mol. The van der Waals surface area contributed by atoms with E-state index in [0.717, 1.165) is 6.42 Å². The van der Waals surface area contributed by atoms with Crippen molar-refractivity contribution >= 4 is 28.6 Å². The van der Waals surface area contributed by atoms with Crippen molar-refractivity contribution in [2.45, 2.75) is 6.42 Å². The molecular weight excluding hydrogens is 279 g/mol. The lowest BCUT2D eigenvalue weighted by Crippen LogP contribution is -1.98. The maximum absolute atomic E-state index is 10.8. The quantitative estimate of drug-likeness (QED) is 0.444. The van der Waals surface area contributed by atoms with Gasteiger partial charge >= 0.3 is 5.97 Å². The molecule has 0 aromatic rings. The summed E-state index contributed by atoms with van der Waals surface area (Å²) in [7, 11) is 1.38. The summed E-state index contributed by atoms with van der Waals surface area (Å²) < 4.78 is 5.75. The predicted molar refractivity (Wildman–Crippen MR) is 60.5 cm³/mol. The highest BCUT2D eigenvalue weighted by Gasteiger charge is 2.04. The Morgan fingerprint density at radius 1 is 1.77 bits per heavy atom. The Labute approximate surface area is 91.5 Å². The predicted octanol–water partition coefficient (Wildman–Crippen LogP) is 2.61. The Hall–Kier alpha value is -0.580. The Morgan fingerprint density at radius 3 is 3.08 bits per heavy atom. The molecule has 2 nitrogen and oxygen atoms in total. The zero-order valence-electron chi connectivity index (χ0n) is 7.37. The largest absolute Gasteiger partial charge is 0.466 e. The molecular formula is C10H11IO2. The fourth-order valence-electron chi connectivity index (χ4n) is 1.02. The second-order valence-corrected chi connectivity index (χ2v) is 3.98. The van der Waals surface area contributed by atoms with Gasteiger partial charge < -0.3 is 4.74 Å². The van der Waals surface area contributed by atoms with Gasteiger partial charge in [0.25, 0.3) is 0 Å². The molecule has 0 aromatic carbocycles. The van der Waals surface area contributed by atoms with Gasteiger partial charge in [-0.15, -0.1) is 0 Å². The molecule has 0 radical (unpaired) electrons. The molecule has 1 aliphatic carbocycles. The molecule has 0 fully saturated rings. The third-order valence-corrected chi connectivity index (χ3v) is 2.57. The maximum Gasteiger partial charge on any atom is 0.330 e. The summed E-state index contributed by atoms with van der Waals surface area (Å²) in [5, 5.41) is 0. The lowest BCUT2D eigenvalue weighted by Gasteiger charge is -2.08. The number of rotatable bonds is 2. The summed E-state index contributed by atoms with van der Waals surface area (Å²) in [5.74, 6) is 0.0373. The first-order valence-electron chi connectivity index (χ1n) is 4.02. The van der Waals surface area contributed by atoms with Crippen LogP contribution in [0, 0.1) is 5.92 Å². The molecule has 0 saturated carbocycles. The fraction of sp³-hybridized carbons (Fsp3) is 0.300. The molecule has 0 amide bonds. The summed E-state index contributed by atoms with van der Waals surface area (Å²) in [4.78, 5) is 10.8. The standard InChI is InChI=1S/C10H11IO2/c1-13-10(12)7-4-8-2-5-9(11)6-3-8/h2,4-8H,3H2,1H3. The van der Waals surface area contributed by atoms with Gasteiger partial charge in [0, 0.05) is 9.66 Å². The van der Waals surface area contributed by atoms with Crippen molar-refractivity contribution in [2.75, 3.05) is 7.11 Å². The third kappa shape index (κ3) is 3.76. The van der Waals surface area contributed by atoms with E-state index in [2.05, 4.69) is 45.6 Å². The zero-order valence-corrected chi connectivity index (χ0v) is 9.52. The van der Waals surface area contributed by atoms with E-state index in [4.69, 9.17) is 0 Å². The minimum absolute atomic E-state index is 0.294. The Morgan fingerprint density at radius 2 is 2.54 bits per heavy atom. The van der Waals surface area contributed by atoms with E-state index >= 15 is 0 Å². The van der Waals surface area contributed by atoms with E-state index in [0.29, 0.717) is 5.92 Å². The van der Waals surface area contributed by atoms with Gasteiger partial charge in [-0.25, -0.2) is 4.79 Å². The first kappa shape index (κ1) is 10.5. The maximum atomic E-state index is 10.8. The summed E-state index contributed by atoms with van der Waals surface area (Å²) >= 11 is 2.27. The highest BCUT2D eigenvalue weighted by Crippen LogP contribution is 2.21. The Bertz CT molecular complexity index is 277.